The average molecular weight is 226 g/mol. The van der Waals surface area contributed by atoms with Crippen molar-refractivity contribution in [1.82, 2.24) is 10.2 Å². The first-order valence-corrected chi connectivity index (χ1v) is 6.16. The summed E-state index contributed by atoms with van der Waals surface area (Å²) in [5.41, 5.74) is -0.405. The molecule has 3 saturated heterocycles. The fourth-order valence-electron chi connectivity index (χ4n) is 2.59. The van der Waals surface area contributed by atoms with E-state index in [0.717, 1.165) is 6.54 Å². The number of alkyl carbamates (subject to hydrolysis) is 1. The van der Waals surface area contributed by atoms with Crippen LogP contribution < -0.4 is 5.32 Å². The molecule has 0 saturated carbocycles. The predicted octanol–water partition coefficient (Wildman–Crippen LogP) is 1.61. The van der Waals surface area contributed by atoms with Crippen LogP contribution in [-0.4, -0.2) is 42.3 Å². The van der Waals surface area contributed by atoms with Crippen LogP contribution in [0.25, 0.3) is 0 Å². The molecule has 3 aliphatic heterocycles. The van der Waals surface area contributed by atoms with Crippen molar-refractivity contribution in [3.8, 4) is 0 Å². The van der Waals surface area contributed by atoms with E-state index >= 15 is 0 Å². The van der Waals surface area contributed by atoms with Gasteiger partial charge < -0.3 is 15.0 Å². The van der Waals surface area contributed by atoms with E-state index in [1.54, 1.807) is 0 Å². The molecule has 3 rings (SSSR count). The zero-order valence-corrected chi connectivity index (χ0v) is 10.5. The molecule has 0 aromatic carbocycles. The lowest BCUT2D eigenvalue weighted by atomic mass is 9.84. The van der Waals surface area contributed by atoms with Crippen LogP contribution >= 0.6 is 0 Å². The molecule has 0 aliphatic carbocycles. The van der Waals surface area contributed by atoms with E-state index in [0.29, 0.717) is 5.92 Å². The monoisotopic (exact) mass is 226 g/mol. The number of hydrogen-bond acceptors (Lipinski definition) is 3. The number of fused-ring (bicyclic) bond motifs is 3. The molecule has 3 fully saturated rings. The molecule has 1 unspecified atom stereocenters. The second-order valence-corrected chi connectivity index (χ2v) is 5.89. The summed E-state index contributed by atoms with van der Waals surface area (Å²) in [5.74, 6) is 0.650. The molecule has 1 N–H and O–H groups in total. The predicted molar refractivity (Wildman–Crippen MR) is 62.3 cm³/mol. The van der Waals surface area contributed by atoms with Crippen LogP contribution in [0.2, 0.25) is 0 Å². The Morgan fingerprint density at radius 3 is 2.38 bits per heavy atom. The van der Waals surface area contributed by atoms with Gasteiger partial charge in [0.2, 0.25) is 0 Å². The van der Waals surface area contributed by atoms with E-state index in [9.17, 15) is 4.79 Å². The molecule has 2 bridgehead atoms. The number of hydrogen-bond donors (Lipinski definition) is 1. The Morgan fingerprint density at radius 1 is 1.31 bits per heavy atom. The molecule has 1 atom stereocenters. The van der Waals surface area contributed by atoms with Gasteiger partial charge in [-0.25, -0.2) is 4.79 Å². The molecule has 4 heteroatoms. The lowest BCUT2D eigenvalue weighted by Gasteiger charge is -2.44. The maximum absolute atomic E-state index is 11.7. The largest absolute Gasteiger partial charge is 0.444 e. The average Bonchev–Trinajstić information content (AvgIpc) is 2.16. The number of nitrogens with one attached hydrogen (secondary N) is 1. The van der Waals surface area contributed by atoms with Gasteiger partial charge in [-0.05, 0) is 52.6 Å². The maximum atomic E-state index is 11.7. The van der Waals surface area contributed by atoms with Crippen molar-refractivity contribution < 1.29 is 9.53 Å². The number of ether oxygens (including phenoxy) is 1. The van der Waals surface area contributed by atoms with Gasteiger partial charge in [0.05, 0.1) is 0 Å². The van der Waals surface area contributed by atoms with Crippen molar-refractivity contribution in [3.63, 3.8) is 0 Å². The normalized spacial score (nSPS) is 33.6. The van der Waals surface area contributed by atoms with Gasteiger partial charge in [0.25, 0.3) is 0 Å². The lowest BCUT2D eigenvalue weighted by molar-refractivity contribution is 0.0319. The minimum absolute atomic E-state index is 0.272. The molecule has 3 heterocycles. The first-order valence-electron chi connectivity index (χ1n) is 6.16. The van der Waals surface area contributed by atoms with Crippen LogP contribution in [0.15, 0.2) is 0 Å². The summed E-state index contributed by atoms with van der Waals surface area (Å²) < 4.78 is 5.28. The molecule has 0 aromatic heterocycles. The fourth-order valence-corrected chi connectivity index (χ4v) is 2.59. The zero-order chi connectivity index (χ0) is 11.8. The number of carbonyl (C=O) groups is 1. The Bertz CT molecular complexity index is 265. The summed E-state index contributed by atoms with van der Waals surface area (Å²) in [7, 11) is 0. The first-order chi connectivity index (χ1) is 7.44. The Morgan fingerprint density at radius 2 is 1.94 bits per heavy atom. The van der Waals surface area contributed by atoms with Crippen molar-refractivity contribution in [2.45, 2.75) is 45.3 Å². The van der Waals surface area contributed by atoms with Crippen LogP contribution in [0.4, 0.5) is 4.79 Å². The lowest BCUT2D eigenvalue weighted by Crippen LogP contribution is -2.57. The maximum Gasteiger partial charge on any atom is 0.407 e. The van der Waals surface area contributed by atoms with Crippen molar-refractivity contribution in [3.05, 3.63) is 0 Å². The number of amides is 1. The van der Waals surface area contributed by atoms with Crippen LogP contribution in [-0.2, 0) is 4.74 Å². The molecule has 16 heavy (non-hydrogen) atoms. The van der Waals surface area contributed by atoms with Crippen LogP contribution in [0.3, 0.4) is 0 Å². The fraction of sp³-hybridized carbons (Fsp3) is 0.917. The van der Waals surface area contributed by atoms with Crippen molar-refractivity contribution in [1.29, 1.82) is 0 Å². The summed E-state index contributed by atoms with van der Waals surface area (Å²) in [6.07, 6.45) is 2.15. The molecular weight excluding hydrogens is 204 g/mol. The molecular formula is C12H22N2O2. The zero-order valence-electron chi connectivity index (χ0n) is 10.5. The van der Waals surface area contributed by atoms with Gasteiger partial charge in [0.15, 0.2) is 0 Å². The first kappa shape index (κ1) is 11.7. The van der Waals surface area contributed by atoms with E-state index in [1.807, 2.05) is 20.8 Å². The van der Waals surface area contributed by atoms with Crippen molar-refractivity contribution >= 4 is 6.09 Å². The third kappa shape index (κ3) is 2.88. The third-order valence-electron chi connectivity index (χ3n) is 3.36. The van der Waals surface area contributed by atoms with Crippen molar-refractivity contribution in [2.75, 3.05) is 19.6 Å². The van der Waals surface area contributed by atoms with Gasteiger partial charge in [-0.2, -0.15) is 0 Å². The van der Waals surface area contributed by atoms with Gasteiger partial charge in [0.1, 0.15) is 5.60 Å². The summed E-state index contributed by atoms with van der Waals surface area (Å²) in [5, 5.41) is 3.00. The summed E-state index contributed by atoms with van der Waals surface area (Å²) in [6.45, 7) is 9.05. The molecule has 4 nitrogen and oxygen atoms in total. The highest BCUT2D eigenvalue weighted by Crippen LogP contribution is 2.27. The number of nitrogens with zero attached hydrogens (tertiary/aromatic N) is 1. The number of piperidine rings is 3. The third-order valence-corrected chi connectivity index (χ3v) is 3.36. The van der Waals surface area contributed by atoms with Crippen LogP contribution in [0.5, 0.6) is 0 Å². The van der Waals surface area contributed by atoms with Gasteiger partial charge in [-0.3, -0.25) is 0 Å². The summed E-state index contributed by atoms with van der Waals surface area (Å²) in [4.78, 5) is 14.1. The highest BCUT2D eigenvalue weighted by atomic mass is 16.6. The van der Waals surface area contributed by atoms with Gasteiger partial charge in [-0.15, -0.1) is 0 Å². The quantitative estimate of drug-likeness (QED) is 0.738. The molecule has 92 valence electrons. The second kappa shape index (κ2) is 4.24. The second-order valence-electron chi connectivity index (χ2n) is 5.89. The van der Waals surface area contributed by atoms with Crippen molar-refractivity contribution in [2.24, 2.45) is 5.92 Å². The highest BCUT2D eigenvalue weighted by Gasteiger charge is 2.35. The molecule has 0 aromatic rings. The summed E-state index contributed by atoms with van der Waals surface area (Å²) in [6, 6.07) is 0.289. The van der Waals surface area contributed by atoms with Gasteiger partial charge in [0, 0.05) is 12.6 Å². The van der Waals surface area contributed by atoms with Crippen LogP contribution in [0, 0.1) is 5.92 Å². The smallest absolute Gasteiger partial charge is 0.407 e. The van der Waals surface area contributed by atoms with E-state index in [2.05, 4.69) is 10.2 Å². The highest BCUT2D eigenvalue weighted by molar-refractivity contribution is 5.68. The van der Waals surface area contributed by atoms with Crippen LogP contribution in [0.1, 0.15) is 33.6 Å². The van der Waals surface area contributed by atoms with E-state index in [4.69, 9.17) is 4.74 Å². The molecule has 0 radical (unpaired) electrons. The topological polar surface area (TPSA) is 41.6 Å². The minimum Gasteiger partial charge on any atom is -0.444 e. The minimum atomic E-state index is -0.405. The summed E-state index contributed by atoms with van der Waals surface area (Å²) >= 11 is 0. The van der Waals surface area contributed by atoms with E-state index in [-0.39, 0.29) is 12.1 Å². The van der Waals surface area contributed by atoms with Gasteiger partial charge in [-0.1, -0.05) is 0 Å². The number of rotatable bonds is 1. The number of carbonyl (C=O) groups excluding carboxylic acids is 1. The molecule has 0 spiro atoms. The van der Waals surface area contributed by atoms with E-state index in [1.165, 1.54) is 25.9 Å². The Hall–Kier alpha value is -0.770. The van der Waals surface area contributed by atoms with E-state index < -0.39 is 5.60 Å². The Kier molecular flexibility index (Phi) is 3.10. The standard InChI is InChI=1S/C12H22N2O2/c1-12(2,3)16-11(15)13-10-8-14-6-4-9(10)5-7-14/h9-10H,4-8H2,1-3H3,(H,13,15). The molecule has 3 aliphatic rings. The van der Waals surface area contributed by atoms with Gasteiger partial charge >= 0.3 is 6.09 Å². The Labute approximate surface area is 97.3 Å². The SMILES string of the molecule is CC(C)(C)OC(=O)NC1CN2CCC1CC2. The molecule has 1 amide bonds. The Balaban J connectivity index is 1.83.